The van der Waals surface area contributed by atoms with Crippen LogP contribution >= 0.6 is 7.60 Å². The molecule has 2 aromatic rings. The van der Waals surface area contributed by atoms with Crippen molar-refractivity contribution in [2.75, 3.05) is 65.6 Å². The van der Waals surface area contributed by atoms with Crippen LogP contribution in [0.4, 0.5) is 10.6 Å². The van der Waals surface area contributed by atoms with Gasteiger partial charge in [0.2, 0.25) is 5.78 Å². The van der Waals surface area contributed by atoms with E-state index in [-0.39, 0.29) is 38.1 Å². The van der Waals surface area contributed by atoms with Crippen molar-refractivity contribution in [3.63, 3.8) is 0 Å². The fourth-order valence-electron chi connectivity index (χ4n) is 5.09. The molecule has 0 unspecified atom stereocenters. The maximum Gasteiger partial charge on any atom is 0.409 e. The van der Waals surface area contributed by atoms with Gasteiger partial charge < -0.3 is 38.5 Å². The van der Waals surface area contributed by atoms with Gasteiger partial charge in [-0.2, -0.15) is 0 Å². The number of ether oxygens (including phenoxy) is 2. The molecule has 0 spiro atoms. The Balaban J connectivity index is 1.58. The average Bonchev–Trinajstić information content (AvgIpc) is 3.56. The maximum absolute atomic E-state index is 13.8. The molecule has 14 nitrogen and oxygen atoms in total. The third-order valence-electron chi connectivity index (χ3n) is 7.64. The lowest BCUT2D eigenvalue weighted by Gasteiger charge is -2.36. The standard InChI is InChI=1S/C29H41N6O8P/c1-5-6-19-43-29(38)34-17-15-33(16-18-34)28(37)27(44(39,41-3)42-4)32-26(36)22-20-23(35-14-10-13-24(35)40-2)31-25(30-22)21-11-8-7-9-12-21/h7-9,11-12,20,24,27H,5-6,10,13-19H2,1-4H3,(H,32,36)/t24-,27-/m0/s1. The maximum atomic E-state index is 13.8. The molecule has 1 aromatic carbocycles. The molecule has 0 bridgehead atoms. The molecule has 3 amide bonds. The van der Waals surface area contributed by atoms with Crippen molar-refractivity contribution in [1.82, 2.24) is 25.1 Å². The molecule has 2 aliphatic heterocycles. The Bertz CT molecular complexity index is 1330. The number of carbonyl (C=O) groups is 3. The van der Waals surface area contributed by atoms with E-state index in [4.69, 9.17) is 23.5 Å². The Morgan fingerprint density at radius 2 is 1.68 bits per heavy atom. The molecule has 3 heterocycles. The van der Waals surface area contributed by atoms with E-state index in [1.165, 1.54) is 15.9 Å². The van der Waals surface area contributed by atoms with Gasteiger partial charge in [0, 0.05) is 65.7 Å². The third kappa shape index (κ3) is 7.73. The van der Waals surface area contributed by atoms with Crippen LogP contribution in [0.2, 0.25) is 0 Å². The number of hydrogen-bond acceptors (Lipinski definition) is 11. The number of anilines is 1. The van der Waals surface area contributed by atoms with Crippen molar-refractivity contribution >= 4 is 31.3 Å². The smallest absolute Gasteiger partial charge is 0.409 e. The predicted octanol–water partition coefficient (Wildman–Crippen LogP) is 3.34. The van der Waals surface area contributed by atoms with Gasteiger partial charge in [0.05, 0.1) is 6.61 Å². The van der Waals surface area contributed by atoms with Gasteiger partial charge in [-0.05, 0) is 19.3 Å². The van der Waals surface area contributed by atoms with Gasteiger partial charge in [-0.3, -0.25) is 14.2 Å². The minimum Gasteiger partial charge on any atom is -0.449 e. The highest BCUT2D eigenvalue weighted by molar-refractivity contribution is 7.55. The van der Waals surface area contributed by atoms with E-state index in [1.807, 2.05) is 42.2 Å². The minimum atomic E-state index is -4.16. The van der Waals surface area contributed by atoms with E-state index >= 15 is 0 Å². The number of amides is 3. The molecule has 1 aromatic heterocycles. The summed E-state index contributed by atoms with van der Waals surface area (Å²) in [5.41, 5.74) is 0.654. The first-order chi connectivity index (χ1) is 21.2. The predicted molar refractivity (Wildman–Crippen MR) is 162 cm³/mol. The number of rotatable bonds is 12. The van der Waals surface area contributed by atoms with Crippen LogP contribution < -0.4 is 10.2 Å². The summed E-state index contributed by atoms with van der Waals surface area (Å²) in [5.74, 6) is -2.29. The molecule has 1 N–H and O–H groups in total. The summed E-state index contributed by atoms with van der Waals surface area (Å²) in [6.07, 6.45) is 2.68. The van der Waals surface area contributed by atoms with Crippen LogP contribution in [0, 0.1) is 0 Å². The summed E-state index contributed by atoms with van der Waals surface area (Å²) < 4.78 is 34.9. The normalized spacial score (nSPS) is 17.8. The van der Waals surface area contributed by atoms with Crippen molar-refractivity contribution in [3.05, 3.63) is 42.1 Å². The number of nitrogens with zero attached hydrogens (tertiary/aromatic N) is 5. The average molecular weight is 633 g/mol. The summed E-state index contributed by atoms with van der Waals surface area (Å²) in [6, 6.07) is 10.7. The first kappa shape index (κ1) is 33.3. The first-order valence-electron chi connectivity index (χ1n) is 14.7. The Hall–Kier alpha value is -3.58. The van der Waals surface area contributed by atoms with Crippen LogP contribution in [0.15, 0.2) is 36.4 Å². The molecule has 2 saturated heterocycles. The highest BCUT2D eigenvalue weighted by Gasteiger charge is 2.44. The second-order valence-electron chi connectivity index (χ2n) is 10.4. The molecule has 0 saturated carbocycles. The highest BCUT2D eigenvalue weighted by Crippen LogP contribution is 2.51. The van der Waals surface area contributed by atoms with Gasteiger partial charge in [-0.1, -0.05) is 43.7 Å². The molecule has 2 aliphatic rings. The minimum absolute atomic E-state index is 0.0354. The zero-order chi connectivity index (χ0) is 31.7. The molecular formula is C29H41N6O8P. The zero-order valence-electron chi connectivity index (χ0n) is 25.6. The van der Waals surface area contributed by atoms with E-state index in [2.05, 4.69) is 10.3 Å². The van der Waals surface area contributed by atoms with Crippen molar-refractivity contribution < 1.29 is 37.5 Å². The Labute approximate surface area is 257 Å². The van der Waals surface area contributed by atoms with E-state index in [1.54, 1.807) is 7.11 Å². The molecule has 4 rings (SSSR count). The second kappa shape index (κ2) is 15.4. The fourth-order valence-corrected chi connectivity index (χ4v) is 6.37. The van der Waals surface area contributed by atoms with Gasteiger partial charge in [0.15, 0.2) is 5.82 Å². The number of piperazine rings is 1. The SMILES string of the molecule is CCCCOC(=O)N1CCN(C(=O)[C@@H](NC(=O)c2cc(N3CCC[C@@H]3OC)nc(-c3ccccc3)n2)P(=O)(OC)OC)CC1. The van der Waals surface area contributed by atoms with Crippen LogP contribution in [0.1, 0.15) is 43.1 Å². The third-order valence-corrected chi connectivity index (χ3v) is 9.64. The fraction of sp³-hybridized carbons (Fsp3) is 0.552. The second-order valence-corrected chi connectivity index (χ2v) is 12.7. The van der Waals surface area contributed by atoms with Gasteiger partial charge in [0.1, 0.15) is 17.7 Å². The lowest BCUT2D eigenvalue weighted by Crippen LogP contribution is -2.56. The van der Waals surface area contributed by atoms with Gasteiger partial charge >= 0.3 is 13.7 Å². The number of nitrogens with one attached hydrogen (secondary N) is 1. The number of unbranched alkanes of at least 4 members (excludes halogenated alkanes) is 1. The molecule has 0 radical (unpaired) electrons. The Kier molecular flexibility index (Phi) is 11.7. The lowest BCUT2D eigenvalue weighted by atomic mass is 10.2. The van der Waals surface area contributed by atoms with E-state index in [9.17, 15) is 18.9 Å². The highest BCUT2D eigenvalue weighted by atomic mass is 31.2. The van der Waals surface area contributed by atoms with Crippen molar-refractivity contribution in [2.24, 2.45) is 0 Å². The Morgan fingerprint density at radius 1 is 1.00 bits per heavy atom. The molecule has 2 atom stereocenters. The number of carbonyl (C=O) groups excluding carboxylic acids is 3. The molecule has 15 heteroatoms. The van der Waals surface area contributed by atoms with Gasteiger partial charge in [-0.25, -0.2) is 14.8 Å². The first-order valence-corrected chi connectivity index (χ1v) is 16.3. The van der Waals surface area contributed by atoms with Crippen LogP contribution in [-0.2, 0) is 27.9 Å². The molecule has 0 aliphatic carbocycles. The van der Waals surface area contributed by atoms with Crippen LogP contribution in [0.25, 0.3) is 11.4 Å². The summed E-state index contributed by atoms with van der Waals surface area (Å²) in [6.45, 7) is 3.72. The number of benzene rings is 1. The summed E-state index contributed by atoms with van der Waals surface area (Å²) >= 11 is 0. The van der Waals surface area contributed by atoms with Crippen LogP contribution in [0.3, 0.4) is 0 Å². The molecular weight excluding hydrogens is 591 g/mol. The molecule has 44 heavy (non-hydrogen) atoms. The van der Waals surface area contributed by atoms with E-state index in [0.29, 0.717) is 30.4 Å². The topological polar surface area (TPSA) is 153 Å². The van der Waals surface area contributed by atoms with E-state index in [0.717, 1.165) is 39.9 Å². The molecule has 2 fully saturated rings. The van der Waals surface area contributed by atoms with Crippen molar-refractivity contribution in [1.29, 1.82) is 0 Å². The van der Waals surface area contributed by atoms with Gasteiger partial charge in [0.25, 0.3) is 11.8 Å². The molecule has 240 valence electrons. The van der Waals surface area contributed by atoms with Crippen LogP contribution in [-0.4, -0.2) is 110 Å². The van der Waals surface area contributed by atoms with E-state index < -0.39 is 31.3 Å². The summed E-state index contributed by atoms with van der Waals surface area (Å²) in [5, 5.41) is 2.57. The van der Waals surface area contributed by atoms with Crippen LogP contribution in [0.5, 0.6) is 0 Å². The Morgan fingerprint density at radius 3 is 2.32 bits per heavy atom. The zero-order valence-corrected chi connectivity index (χ0v) is 26.5. The number of methoxy groups -OCH3 is 1. The number of aromatic nitrogens is 2. The van der Waals surface area contributed by atoms with Crippen molar-refractivity contribution in [2.45, 2.75) is 44.6 Å². The lowest BCUT2D eigenvalue weighted by molar-refractivity contribution is -0.133. The largest absolute Gasteiger partial charge is 0.449 e. The quantitative estimate of drug-likeness (QED) is 0.271. The monoisotopic (exact) mass is 632 g/mol. The van der Waals surface area contributed by atoms with Gasteiger partial charge in [-0.15, -0.1) is 0 Å². The van der Waals surface area contributed by atoms with Crippen molar-refractivity contribution in [3.8, 4) is 11.4 Å². The number of hydrogen-bond donors (Lipinski definition) is 1. The summed E-state index contributed by atoms with van der Waals surface area (Å²) in [4.78, 5) is 54.0. The summed E-state index contributed by atoms with van der Waals surface area (Å²) in [7, 11) is -0.244.